The van der Waals surface area contributed by atoms with Gasteiger partial charge >= 0.3 is 0 Å². The maximum Gasteiger partial charge on any atom is 0.245 e. The van der Waals surface area contributed by atoms with Crippen molar-refractivity contribution < 1.29 is 72.5 Å². The predicted octanol–water partition coefficient (Wildman–Crippen LogP) is -9.23. The molecule has 0 radical (unpaired) electrons. The summed E-state index contributed by atoms with van der Waals surface area (Å²) in [5, 5.41) is 50.1. The van der Waals surface area contributed by atoms with E-state index in [1.54, 1.807) is 60.7 Å². The second-order valence-corrected chi connectivity index (χ2v) is 22.9. The number of amides is 13. The van der Waals surface area contributed by atoms with Crippen molar-refractivity contribution in [3.63, 3.8) is 0 Å². The number of nitrogens with one attached hydrogen (secondary N) is 12. The average molecular weight is 1380 g/mol. The largest absolute Gasteiger partial charge is 0.394 e. The Balaban J connectivity index is 2.18. The third kappa shape index (κ3) is 34.0. The standard InChI is InChI=1S/C61H100N22O15/c1-34(75-47(87)32-74-59(98)49(36(3)85)83-57(96)44(29-38-18-8-5-9-19-38)77-48(88)31-72-46(86)30-73-53(92)39(64)28-37-16-6-4-7-17-37)51(90)79-43(23-15-27-71-61(68)69)55(94)81-41(21-11-13-25-63)56(95)82-45(33-84)58(97)76-35(2)52(91)80-42(22-14-26-70-60(66)67)54(93)78-40(50(65)89)20-10-12-24-62/h4-9,16-19,34-36,39-45,49,84-85H,10-15,20-33,62-64H2,1-3H3,(H2,65,89)(H,72,86)(H,73,92)(H,74,98)(H,75,87)(H,76,97)(H,77,88)(H,78,93)(H,79,90)(H,80,91)(H,81,94)(H,82,95)(H,83,96)(H4,66,67,70)(H4,68,69,71)/t34-,35-,36-,39-,40-,41-,42-,43-,44-,45-,49+/m0/s1. The highest BCUT2D eigenvalue weighted by Gasteiger charge is 2.34. The van der Waals surface area contributed by atoms with Gasteiger partial charge in [0.05, 0.1) is 38.4 Å². The molecular formula is C61H100N22O15. The molecule has 0 spiro atoms. The van der Waals surface area contributed by atoms with Gasteiger partial charge in [0.25, 0.3) is 0 Å². The Morgan fingerprint density at radius 1 is 0.408 bits per heavy atom. The Bertz CT molecular complexity index is 2990. The van der Waals surface area contributed by atoms with Crippen molar-refractivity contribution in [2.45, 2.75) is 164 Å². The van der Waals surface area contributed by atoms with Gasteiger partial charge in [-0.3, -0.25) is 72.3 Å². The predicted molar refractivity (Wildman–Crippen MR) is 360 cm³/mol. The van der Waals surface area contributed by atoms with Gasteiger partial charge in [-0.15, -0.1) is 0 Å². The highest BCUT2D eigenvalue weighted by molar-refractivity contribution is 5.99. The monoisotopic (exact) mass is 1380 g/mol. The van der Waals surface area contributed by atoms with Crippen molar-refractivity contribution in [3.05, 3.63) is 71.8 Å². The number of guanidine groups is 2. The van der Waals surface area contributed by atoms with Crippen molar-refractivity contribution in [2.24, 2.45) is 55.9 Å². The Labute approximate surface area is 567 Å². The summed E-state index contributed by atoms with van der Waals surface area (Å²) in [5.74, 6) is -12.1. The van der Waals surface area contributed by atoms with Crippen LogP contribution in [0.2, 0.25) is 0 Å². The molecule has 0 aliphatic carbocycles. The van der Waals surface area contributed by atoms with E-state index in [2.05, 4.69) is 73.8 Å². The van der Waals surface area contributed by atoms with Crippen LogP contribution in [0.15, 0.2) is 70.6 Å². The Morgan fingerprint density at radius 3 is 1.27 bits per heavy atom. The fraction of sp³-hybridized carbons (Fsp3) is 0.557. The third-order valence-corrected chi connectivity index (χ3v) is 14.6. The van der Waals surface area contributed by atoms with Crippen LogP contribution in [0.3, 0.4) is 0 Å². The number of hydrogen-bond donors (Lipinski definition) is 22. The SMILES string of the molecule is C[C@H](NC(=O)CNC(=O)[C@H](NC(=O)[C@H](Cc1ccccc1)NC(=O)CNC(=O)CNC(=O)[C@@H](N)Cc1ccccc1)[C@H](C)O)C(=O)N[C@@H](CCCN=C(N)N)C(=O)N[C@@H](CCCCN)C(=O)N[C@@H](CO)C(=O)N[C@@H](C)C(=O)N[C@@H](CCCN=C(N)N)C(=O)N[C@@H](CCCCN)C(N)=O. The summed E-state index contributed by atoms with van der Waals surface area (Å²) < 4.78 is 0. The van der Waals surface area contributed by atoms with E-state index >= 15 is 0 Å². The summed E-state index contributed by atoms with van der Waals surface area (Å²) in [5.41, 5.74) is 46.0. The second kappa shape index (κ2) is 46.1. The molecule has 13 amide bonds. The summed E-state index contributed by atoms with van der Waals surface area (Å²) >= 11 is 0. The van der Waals surface area contributed by atoms with E-state index in [9.17, 15) is 72.5 Å². The number of nitrogens with two attached hydrogens (primary N) is 8. The average Bonchev–Trinajstić information content (AvgIpc) is 0.887. The Hall–Kier alpha value is -10.1. The van der Waals surface area contributed by atoms with Gasteiger partial charge in [0.2, 0.25) is 76.8 Å². The number of aliphatic imine (C=N–C) groups is 2. The number of unbranched alkanes of at least 4 members (excludes halogenated alkanes) is 2. The van der Waals surface area contributed by atoms with Crippen LogP contribution < -0.4 is 110 Å². The van der Waals surface area contributed by atoms with Crippen molar-refractivity contribution in [3.8, 4) is 0 Å². The van der Waals surface area contributed by atoms with Gasteiger partial charge in [-0.05, 0) is 116 Å². The smallest absolute Gasteiger partial charge is 0.245 e. The lowest BCUT2D eigenvalue weighted by Gasteiger charge is -2.26. The summed E-state index contributed by atoms with van der Waals surface area (Å²) in [6, 6.07) is 3.43. The van der Waals surface area contributed by atoms with Gasteiger partial charge in [0.15, 0.2) is 11.9 Å². The molecule has 0 bridgehead atoms. The molecule has 2 aromatic rings. The summed E-state index contributed by atoms with van der Waals surface area (Å²) in [7, 11) is 0. The maximum atomic E-state index is 14.1. The fourth-order valence-electron chi connectivity index (χ4n) is 9.17. The topological polar surface area (TPSA) is 640 Å². The first-order valence-electron chi connectivity index (χ1n) is 32.0. The number of carbonyl (C=O) groups is 13. The van der Waals surface area contributed by atoms with E-state index in [1.165, 1.54) is 20.8 Å². The van der Waals surface area contributed by atoms with Crippen LogP contribution in [0.5, 0.6) is 0 Å². The lowest BCUT2D eigenvalue weighted by atomic mass is 10.0. The summed E-state index contributed by atoms with van der Waals surface area (Å²) in [6.45, 7) is 1.22. The maximum absolute atomic E-state index is 14.1. The van der Waals surface area contributed by atoms with E-state index in [1.807, 2.05) is 0 Å². The minimum atomic E-state index is -1.73. The lowest BCUT2D eigenvalue weighted by Crippen LogP contribution is -2.60. The molecule has 0 saturated carbocycles. The van der Waals surface area contributed by atoms with Gasteiger partial charge in [-0.2, -0.15) is 0 Å². The van der Waals surface area contributed by atoms with Crippen LogP contribution in [0, 0.1) is 0 Å². The molecule has 544 valence electrons. The van der Waals surface area contributed by atoms with Crippen LogP contribution in [0.25, 0.3) is 0 Å². The molecule has 0 fully saturated rings. The normalized spacial score (nSPS) is 14.2. The zero-order valence-electron chi connectivity index (χ0n) is 55.5. The van der Waals surface area contributed by atoms with Gasteiger partial charge in [-0.25, -0.2) is 0 Å². The van der Waals surface area contributed by atoms with Gasteiger partial charge in [0.1, 0.15) is 54.4 Å². The van der Waals surface area contributed by atoms with E-state index < -0.39 is 170 Å². The molecule has 0 heterocycles. The number of primary amides is 1. The van der Waals surface area contributed by atoms with E-state index in [0.29, 0.717) is 31.4 Å². The molecule has 0 unspecified atom stereocenters. The summed E-state index contributed by atoms with van der Waals surface area (Å²) in [4.78, 5) is 181. The van der Waals surface area contributed by atoms with Crippen molar-refractivity contribution in [1.82, 2.24) is 63.8 Å². The number of rotatable bonds is 47. The van der Waals surface area contributed by atoms with E-state index in [0.717, 1.165) is 5.56 Å². The zero-order chi connectivity index (χ0) is 73.3. The lowest BCUT2D eigenvalue weighted by molar-refractivity contribution is -0.136. The molecule has 0 saturated heterocycles. The third-order valence-electron chi connectivity index (χ3n) is 14.6. The van der Waals surface area contributed by atoms with Crippen molar-refractivity contribution in [2.75, 3.05) is 52.4 Å². The molecule has 37 heteroatoms. The summed E-state index contributed by atoms with van der Waals surface area (Å²) in [6.07, 6.45) is 0.241. The molecule has 0 aliphatic heterocycles. The molecule has 37 nitrogen and oxygen atoms in total. The molecular weight excluding hydrogens is 1280 g/mol. The minimum absolute atomic E-state index is 0.0249. The number of aliphatic hydroxyl groups is 2. The first-order valence-corrected chi connectivity index (χ1v) is 32.0. The second-order valence-electron chi connectivity index (χ2n) is 22.9. The zero-order valence-corrected chi connectivity index (χ0v) is 55.5. The molecule has 0 aromatic heterocycles. The van der Waals surface area contributed by atoms with Crippen molar-refractivity contribution in [1.29, 1.82) is 0 Å². The van der Waals surface area contributed by atoms with Crippen LogP contribution in [-0.2, 0) is 75.2 Å². The molecule has 30 N–H and O–H groups in total. The van der Waals surface area contributed by atoms with Crippen LogP contribution >= 0.6 is 0 Å². The minimum Gasteiger partial charge on any atom is -0.394 e. The molecule has 11 atom stereocenters. The van der Waals surface area contributed by atoms with Crippen LogP contribution in [0.1, 0.15) is 96.1 Å². The molecule has 2 aromatic carbocycles. The number of carbonyl (C=O) groups excluding carboxylic acids is 13. The quantitative estimate of drug-likeness (QED) is 0.0166. The first kappa shape index (κ1) is 84.0. The highest BCUT2D eigenvalue weighted by Crippen LogP contribution is 2.10. The van der Waals surface area contributed by atoms with Gasteiger partial charge in [0, 0.05) is 19.5 Å². The number of aliphatic hydroxyl groups excluding tert-OH is 2. The highest BCUT2D eigenvalue weighted by atomic mass is 16.3. The molecule has 2 rings (SSSR count). The molecule has 0 aliphatic rings. The first-order chi connectivity index (χ1) is 46.5. The Kier molecular flexibility index (Phi) is 39.5. The van der Waals surface area contributed by atoms with Crippen molar-refractivity contribution >= 4 is 88.7 Å². The Morgan fingerprint density at radius 2 is 0.796 bits per heavy atom. The number of nitrogens with zero attached hydrogens (tertiary/aromatic N) is 2. The van der Waals surface area contributed by atoms with Gasteiger partial charge < -0.3 is 120 Å². The van der Waals surface area contributed by atoms with Gasteiger partial charge in [-0.1, -0.05) is 60.7 Å². The van der Waals surface area contributed by atoms with Crippen LogP contribution in [-0.4, -0.2) is 218 Å². The number of hydrogen-bond acceptors (Lipinski definition) is 20. The van der Waals surface area contributed by atoms with Crippen LogP contribution in [0.4, 0.5) is 0 Å². The van der Waals surface area contributed by atoms with E-state index in [4.69, 9.17) is 45.9 Å². The fourth-order valence-corrected chi connectivity index (χ4v) is 9.17. The van der Waals surface area contributed by atoms with E-state index in [-0.39, 0.29) is 89.3 Å². The molecule has 98 heavy (non-hydrogen) atoms. The number of benzene rings is 2.